The fourth-order valence-corrected chi connectivity index (χ4v) is 3.13. The Labute approximate surface area is 124 Å². The Kier molecular flexibility index (Phi) is 5.04. The molecule has 0 bridgehead atoms. The van der Waals surface area contributed by atoms with Gasteiger partial charge in [-0.3, -0.25) is 11.3 Å². The zero-order valence-corrected chi connectivity index (χ0v) is 12.9. The van der Waals surface area contributed by atoms with E-state index < -0.39 is 0 Å². The van der Waals surface area contributed by atoms with E-state index in [2.05, 4.69) is 26.3 Å². The minimum atomic E-state index is -0.253. The molecule has 0 fully saturated rings. The number of rotatable bonds is 5. The molecule has 6 heteroatoms. The van der Waals surface area contributed by atoms with Gasteiger partial charge in [0.15, 0.2) is 0 Å². The molecule has 0 aliphatic carbocycles. The summed E-state index contributed by atoms with van der Waals surface area (Å²) in [7, 11) is 0. The fourth-order valence-electron chi connectivity index (χ4n) is 1.85. The van der Waals surface area contributed by atoms with Gasteiger partial charge in [-0.25, -0.2) is 9.37 Å². The zero-order valence-electron chi connectivity index (χ0n) is 10.5. The van der Waals surface area contributed by atoms with Gasteiger partial charge in [-0.15, -0.1) is 11.3 Å². The summed E-state index contributed by atoms with van der Waals surface area (Å²) in [5.74, 6) is 5.33. The van der Waals surface area contributed by atoms with Crippen LogP contribution in [0.1, 0.15) is 16.3 Å². The molecule has 1 atom stereocenters. The third kappa shape index (κ3) is 4.07. The first-order chi connectivity index (χ1) is 9.08. The SMILES string of the molecule is Cc1csc(CC(Cc2ccc(F)c(Br)c2)NN)n1. The molecule has 3 nitrogen and oxygen atoms in total. The predicted molar refractivity (Wildman–Crippen MR) is 79.5 cm³/mol. The van der Waals surface area contributed by atoms with Crippen LogP contribution in [0.2, 0.25) is 0 Å². The number of aromatic nitrogens is 1. The number of aryl methyl sites for hydroxylation is 1. The Bertz CT molecular complexity index is 559. The van der Waals surface area contributed by atoms with Crippen molar-refractivity contribution in [3.8, 4) is 0 Å². The number of hydrogen-bond donors (Lipinski definition) is 2. The van der Waals surface area contributed by atoms with Crippen molar-refractivity contribution in [2.45, 2.75) is 25.8 Å². The van der Waals surface area contributed by atoms with Gasteiger partial charge in [0.05, 0.1) is 9.48 Å². The third-order valence-corrected chi connectivity index (χ3v) is 4.39. The Morgan fingerprint density at radius 2 is 2.26 bits per heavy atom. The highest BCUT2D eigenvalue weighted by molar-refractivity contribution is 9.10. The van der Waals surface area contributed by atoms with Crippen molar-refractivity contribution in [1.82, 2.24) is 10.4 Å². The van der Waals surface area contributed by atoms with E-state index in [0.29, 0.717) is 4.47 Å². The molecule has 0 saturated carbocycles. The minimum Gasteiger partial charge on any atom is -0.271 e. The highest BCUT2D eigenvalue weighted by Gasteiger charge is 2.12. The van der Waals surface area contributed by atoms with Crippen LogP contribution in [0.4, 0.5) is 4.39 Å². The Morgan fingerprint density at radius 1 is 1.47 bits per heavy atom. The molecule has 0 saturated heterocycles. The molecule has 0 spiro atoms. The molecule has 0 radical (unpaired) electrons. The molecule has 2 aromatic rings. The van der Waals surface area contributed by atoms with Gasteiger partial charge in [-0.2, -0.15) is 0 Å². The summed E-state index contributed by atoms with van der Waals surface area (Å²) in [6, 6.07) is 5.10. The highest BCUT2D eigenvalue weighted by Crippen LogP contribution is 2.19. The number of nitrogens with two attached hydrogens (primary N) is 1. The fraction of sp³-hybridized carbons (Fsp3) is 0.308. The molecular formula is C13H15BrFN3S. The molecule has 1 aromatic carbocycles. The van der Waals surface area contributed by atoms with Gasteiger partial charge >= 0.3 is 0 Å². The lowest BCUT2D eigenvalue weighted by Gasteiger charge is -2.14. The second-order valence-electron chi connectivity index (χ2n) is 4.40. The topological polar surface area (TPSA) is 50.9 Å². The number of halogens is 2. The normalized spacial score (nSPS) is 12.6. The van der Waals surface area contributed by atoms with Crippen molar-refractivity contribution in [2.75, 3.05) is 0 Å². The van der Waals surface area contributed by atoms with Gasteiger partial charge in [0, 0.05) is 23.5 Å². The van der Waals surface area contributed by atoms with Crippen LogP contribution in [0, 0.1) is 12.7 Å². The van der Waals surface area contributed by atoms with Crippen LogP contribution in [0.5, 0.6) is 0 Å². The van der Waals surface area contributed by atoms with Crippen LogP contribution in [0.15, 0.2) is 28.1 Å². The first-order valence-electron chi connectivity index (χ1n) is 5.89. The average Bonchev–Trinajstić information content (AvgIpc) is 2.78. The van der Waals surface area contributed by atoms with E-state index in [4.69, 9.17) is 5.84 Å². The molecule has 0 amide bonds. The Hall–Kier alpha value is -0.820. The maximum absolute atomic E-state index is 13.2. The largest absolute Gasteiger partial charge is 0.271 e. The van der Waals surface area contributed by atoms with Gasteiger partial charge in [0.25, 0.3) is 0 Å². The molecule has 0 aliphatic heterocycles. The molecule has 3 N–H and O–H groups in total. The maximum Gasteiger partial charge on any atom is 0.137 e. The van der Waals surface area contributed by atoms with Crippen LogP contribution < -0.4 is 11.3 Å². The quantitative estimate of drug-likeness (QED) is 0.648. The molecule has 2 rings (SSSR count). The summed E-state index contributed by atoms with van der Waals surface area (Å²) in [6.45, 7) is 1.97. The Balaban J connectivity index is 2.04. The summed E-state index contributed by atoms with van der Waals surface area (Å²) in [6.07, 6.45) is 1.50. The van der Waals surface area contributed by atoms with Crippen LogP contribution in [0.25, 0.3) is 0 Å². The van der Waals surface area contributed by atoms with Gasteiger partial charge in [-0.05, 0) is 47.0 Å². The van der Waals surface area contributed by atoms with Crippen LogP contribution in [0.3, 0.4) is 0 Å². The van der Waals surface area contributed by atoms with Crippen molar-refractivity contribution in [1.29, 1.82) is 0 Å². The van der Waals surface area contributed by atoms with Gasteiger partial charge in [0.1, 0.15) is 5.82 Å². The van der Waals surface area contributed by atoms with Crippen molar-refractivity contribution in [3.05, 3.63) is 50.1 Å². The predicted octanol–water partition coefficient (Wildman–Crippen LogP) is 2.97. The molecule has 102 valence electrons. The van der Waals surface area contributed by atoms with E-state index in [9.17, 15) is 4.39 Å². The minimum absolute atomic E-state index is 0.0860. The number of hydrogen-bond acceptors (Lipinski definition) is 4. The van der Waals surface area contributed by atoms with Crippen molar-refractivity contribution >= 4 is 27.3 Å². The first kappa shape index (κ1) is 14.6. The number of nitrogens with one attached hydrogen (secondary N) is 1. The molecule has 1 heterocycles. The lowest BCUT2D eigenvalue weighted by Crippen LogP contribution is -2.38. The molecule has 0 aliphatic rings. The summed E-state index contributed by atoms with van der Waals surface area (Å²) < 4.78 is 13.6. The second kappa shape index (κ2) is 6.56. The highest BCUT2D eigenvalue weighted by atomic mass is 79.9. The van der Waals surface area contributed by atoms with E-state index in [1.54, 1.807) is 23.5 Å². The van der Waals surface area contributed by atoms with Crippen LogP contribution >= 0.6 is 27.3 Å². The summed E-state index contributed by atoms with van der Waals surface area (Å²) in [5, 5.41) is 3.08. The molecule has 19 heavy (non-hydrogen) atoms. The Morgan fingerprint density at radius 3 is 2.84 bits per heavy atom. The molecule has 1 unspecified atom stereocenters. The second-order valence-corrected chi connectivity index (χ2v) is 6.20. The number of benzene rings is 1. The van der Waals surface area contributed by atoms with E-state index in [-0.39, 0.29) is 11.9 Å². The van der Waals surface area contributed by atoms with Crippen molar-refractivity contribution in [2.24, 2.45) is 5.84 Å². The van der Waals surface area contributed by atoms with Gasteiger partial charge in [0.2, 0.25) is 0 Å². The monoisotopic (exact) mass is 343 g/mol. The van der Waals surface area contributed by atoms with E-state index in [0.717, 1.165) is 29.1 Å². The van der Waals surface area contributed by atoms with Gasteiger partial charge in [-0.1, -0.05) is 6.07 Å². The van der Waals surface area contributed by atoms with E-state index >= 15 is 0 Å². The van der Waals surface area contributed by atoms with Gasteiger partial charge < -0.3 is 0 Å². The van der Waals surface area contributed by atoms with Crippen molar-refractivity contribution < 1.29 is 4.39 Å². The lowest BCUT2D eigenvalue weighted by atomic mass is 10.0. The molecular weight excluding hydrogens is 329 g/mol. The van der Waals surface area contributed by atoms with E-state index in [1.165, 1.54) is 6.07 Å². The average molecular weight is 344 g/mol. The summed E-state index contributed by atoms with van der Waals surface area (Å²) in [4.78, 5) is 4.43. The van der Waals surface area contributed by atoms with Crippen molar-refractivity contribution in [3.63, 3.8) is 0 Å². The summed E-state index contributed by atoms with van der Waals surface area (Å²) >= 11 is 4.82. The van der Waals surface area contributed by atoms with E-state index in [1.807, 2.05) is 12.3 Å². The summed E-state index contributed by atoms with van der Waals surface area (Å²) in [5.41, 5.74) is 4.86. The number of hydrazine groups is 1. The molecule has 1 aromatic heterocycles. The number of nitrogens with zero attached hydrogens (tertiary/aromatic N) is 1. The zero-order chi connectivity index (χ0) is 13.8. The van der Waals surface area contributed by atoms with Crippen LogP contribution in [-0.2, 0) is 12.8 Å². The third-order valence-electron chi connectivity index (χ3n) is 2.79. The number of thiazole rings is 1. The maximum atomic E-state index is 13.2. The smallest absolute Gasteiger partial charge is 0.137 e. The lowest BCUT2D eigenvalue weighted by molar-refractivity contribution is 0.520. The standard InChI is InChI=1S/C13H15BrFN3S/c1-8-7-19-13(17-8)6-10(18-16)4-9-2-3-12(15)11(14)5-9/h2-3,5,7,10,18H,4,6,16H2,1H3. The van der Waals surface area contributed by atoms with Crippen LogP contribution in [-0.4, -0.2) is 11.0 Å². The first-order valence-corrected chi connectivity index (χ1v) is 7.57.